The summed E-state index contributed by atoms with van der Waals surface area (Å²) in [6.07, 6.45) is 2.44. The Labute approximate surface area is 94.6 Å². The topological polar surface area (TPSA) is 37.3 Å². The van der Waals surface area contributed by atoms with Gasteiger partial charge >= 0.3 is 94.6 Å². The van der Waals surface area contributed by atoms with Gasteiger partial charge in [0.25, 0.3) is 0 Å². The van der Waals surface area contributed by atoms with Crippen LogP contribution >= 0.6 is 0 Å². The molecule has 0 heterocycles. The Morgan fingerprint density at radius 1 is 1.43 bits per heavy atom. The molecule has 0 aliphatic rings. The van der Waals surface area contributed by atoms with Crippen LogP contribution in [-0.4, -0.2) is 32.2 Å². The van der Waals surface area contributed by atoms with Gasteiger partial charge in [0.2, 0.25) is 0 Å². The predicted molar refractivity (Wildman–Crippen MR) is 58.5 cm³/mol. The van der Waals surface area contributed by atoms with Gasteiger partial charge in [-0.1, -0.05) is 0 Å². The van der Waals surface area contributed by atoms with E-state index < -0.39 is 27.1 Å². The molecule has 1 aromatic rings. The summed E-state index contributed by atoms with van der Waals surface area (Å²) in [5.74, 6) is -0.780. The zero-order valence-corrected chi connectivity index (χ0v) is 11.1. The zero-order valence-electron chi connectivity index (χ0n) is 8.29. The molecule has 0 aromatic heterocycles. The number of benzene rings is 1. The number of carboxylic acids is 1. The molecule has 14 heavy (non-hydrogen) atoms. The number of hydrogen-bond acceptors (Lipinski definition) is 1. The molecule has 0 atom stereocenters. The molecular formula is C11H14O2Sn. The monoisotopic (exact) mass is 298 g/mol. The maximum atomic E-state index is 10.9. The first-order valence-electron chi connectivity index (χ1n) is 4.82. The van der Waals surface area contributed by atoms with Crippen LogP contribution in [-0.2, 0) is 0 Å². The third-order valence-electron chi connectivity index (χ3n) is 2.00. The number of unbranched alkanes of at least 4 members (excludes halogenated alkanes) is 1. The third-order valence-corrected chi connectivity index (χ3v) is 6.06. The summed E-state index contributed by atoms with van der Waals surface area (Å²) in [4.78, 5) is 10.9. The van der Waals surface area contributed by atoms with Crippen LogP contribution in [0.2, 0.25) is 4.44 Å². The number of hydrogen-bond donors (Lipinski definition) is 1. The van der Waals surface area contributed by atoms with Crippen molar-refractivity contribution in [1.82, 2.24) is 0 Å². The second-order valence-corrected chi connectivity index (χ2v) is 7.10. The van der Waals surface area contributed by atoms with Crippen LogP contribution in [0.15, 0.2) is 24.3 Å². The fourth-order valence-electron chi connectivity index (χ4n) is 1.22. The molecule has 2 radical (unpaired) electrons. The zero-order chi connectivity index (χ0) is 10.4. The molecule has 1 N–H and O–H groups in total. The molecular weight excluding hydrogens is 283 g/mol. The second-order valence-electron chi connectivity index (χ2n) is 3.13. The Morgan fingerprint density at radius 2 is 2.14 bits per heavy atom. The van der Waals surface area contributed by atoms with Crippen molar-refractivity contribution in [2.75, 3.05) is 0 Å². The molecule has 0 aliphatic carbocycles. The van der Waals surface area contributed by atoms with E-state index in [9.17, 15) is 4.79 Å². The SMILES string of the molecule is CCC[CH2][Sn][c]1ccccc1C(=O)O. The Hall–Kier alpha value is -0.511. The summed E-state index contributed by atoms with van der Waals surface area (Å²) in [6, 6.07) is 7.43. The van der Waals surface area contributed by atoms with Crippen LogP contribution in [0.5, 0.6) is 0 Å². The standard InChI is InChI=1S/C7H5O2.C4H9.Sn/c8-7(9)6-4-2-1-3-5-6;1-3-4-2;/h1-4H,(H,8,9);1,3-4H2,2H3;. The molecule has 74 valence electrons. The molecule has 0 saturated carbocycles. The van der Waals surface area contributed by atoms with Gasteiger partial charge in [-0.05, 0) is 0 Å². The van der Waals surface area contributed by atoms with Gasteiger partial charge in [-0.25, -0.2) is 0 Å². The van der Waals surface area contributed by atoms with Gasteiger partial charge in [-0.15, -0.1) is 0 Å². The predicted octanol–water partition coefficient (Wildman–Crippen LogP) is 1.93. The van der Waals surface area contributed by atoms with Gasteiger partial charge in [-0.3, -0.25) is 0 Å². The summed E-state index contributed by atoms with van der Waals surface area (Å²) in [5.41, 5.74) is 0.523. The van der Waals surface area contributed by atoms with E-state index in [2.05, 4.69) is 6.92 Å². The van der Waals surface area contributed by atoms with Crippen molar-refractivity contribution in [3.05, 3.63) is 29.8 Å². The van der Waals surface area contributed by atoms with Gasteiger partial charge in [-0.2, -0.15) is 0 Å². The molecule has 1 rings (SSSR count). The van der Waals surface area contributed by atoms with E-state index in [1.807, 2.05) is 12.1 Å². The number of rotatable bonds is 5. The summed E-state index contributed by atoms with van der Waals surface area (Å²) < 4.78 is 2.36. The number of carbonyl (C=O) groups is 1. The van der Waals surface area contributed by atoms with Crippen molar-refractivity contribution < 1.29 is 9.90 Å². The van der Waals surface area contributed by atoms with Crippen LogP contribution in [0, 0.1) is 0 Å². The van der Waals surface area contributed by atoms with E-state index in [-0.39, 0.29) is 0 Å². The first-order valence-corrected chi connectivity index (χ1v) is 8.26. The molecule has 0 aliphatic heterocycles. The van der Waals surface area contributed by atoms with Gasteiger partial charge in [0.15, 0.2) is 0 Å². The Bertz CT molecular complexity index is 310. The molecule has 3 heteroatoms. The molecule has 1 aromatic carbocycles. The summed E-state index contributed by atoms with van der Waals surface area (Å²) in [7, 11) is 0. The average Bonchev–Trinajstić information content (AvgIpc) is 2.19. The van der Waals surface area contributed by atoms with Crippen molar-refractivity contribution in [2.45, 2.75) is 24.2 Å². The minimum absolute atomic E-state index is 0.523. The van der Waals surface area contributed by atoms with Gasteiger partial charge in [0, 0.05) is 0 Å². The average molecular weight is 297 g/mol. The summed E-state index contributed by atoms with van der Waals surface area (Å²) >= 11 is -0.654. The number of carboxylic acid groups (broad SMARTS) is 1. The van der Waals surface area contributed by atoms with E-state index in [4.69, 9.17) is 5.11 Å². The fraction of sp³-hybridized carbons (Fsp3) is 0.364. The Kier molecular flexibility index (Phi) is 5.01. The summed E-state index contributed by atoms with van der Waals surface area (Å²) in [6.45, 7) is 2.17. The molecule has 0 unspecified atom stereocenters. The van der Waals surface area contributed by atoms with Crippen molar-refractivity contribution in [3.63, 3.8) is 0 Å². The summed E-state index contributed by atoms with van der Waals surface area (Å²) in [5, 5.41) is 8.95. The van der Waals surface area contributed by atoms with Crippen LogP contribution in [0.25, 0.3) is 0 Å². The molecule has 0 fully saturated rings. The number of aromatic carboxylic acids is 1. The van der Waals surface area contributed by atoms with Gasteiger partial charge in [0.1, 0.15) is 0 Å². The van der Waals surface area contributed by atoms with Crippen molar-refractivity contribution >= 4 is 30.7 Å². The Balaban J connectivity index is 2.69. The van der Waals surface area contributed by atoms with Crippen LogP contribution in [0.3, 0.4) is 0 Å². The van der Waals surface area contributed by atoms with E-state index in [1.165, 1.54) is 17.3 Å². The van der Waals surface area contributed by atoms with Gasteiger partial charge in [0.05, 0.1) is 0 Å². The van der Waals surface area contributed by atoms with E-state index >= 15 is 0 Å². The van der Waals surface area contributed by atoms with Crippen molar-refractivity contribution in [3.8, 4) is 0 Å². The quantitative estimate of drug-likeness (QED) is 0.666. The van der Waals surface area contributed by atoms with Crippen molar-refractivity contribution in [1.29, 1.82) is 0 Å². The molecule has 0 amide bonds. The third kappa shape index (κ3) is 3.33. The Morgan fingerprint density at radius 3 is 2.79 bits per heavy atom. The molecule has 0 saturated heterocycles. The molecule has 0 bridgehead atoms. The first-order chi connectivity index (χ1) is 6.75. The molecule has 2 nitrogen and oxygen atoms in total. The maximum absolute atomic E-state index is 10.9. The van der Waals surface area contributed by atoms with E-state index in [0.717, 1.165) is 3.58 Å². The van der Waals surface area contributed by atoms with E-state index in [0.29, 0.717) is 5.56 Å². The van der Waals surface area contributed by atoms with Crippen LogP contribution in [0.1, 0.15) is 30.1 Å². The van der Waals surface area contributed by atoms with Crippen LogP contribution in [0.4, 0.5) is 0 Å². The minimum atomic E-state index is -0.780. The van der Waals surface area contributed by atoms with Crippen LogP contribution < -0.4 is 3.58 Å². The first kappa shape index (κ1) is 11.6. The molecule has 0 spiro atoms. The van der Waals surface area contributed by atoms with Gasteiger partial charge < -0.3 is 0 Å². The fourth-order valence-corrected chi connectivity index (χ4v) is 5.20. The normalized spacial score (nSPS) is 10.1. The van der Waals surface area contributed by atoms with Crippen molar-refractivity contribution in [2.24, 2.45) is 0 Å². The van der Waals surface area contributed by atoms with E-state index in [1.54, 1.807) is 12.1 Å². The second kappa shape index (κ2) is 6.06.